The quantitative estimate of drug-likeness (QED) is 0.0264. The second-order valence-electron chi connectivity index (χ2n) is 16.3. The van der Waals surface area contributed by atoms with Gasteiger partial charge in [0.15, 0.2) is 51.1 Å². The van der Waals surface area contributed by atoms with Crippen molar-refractivity contribution in [1.82, 2.24) is 28.7 Å². The van der Waals surface area contributed by atoms with Gasteiger partial charge in [-0.05, 0) is 0 Å². The minimum Gasteiger partial charge on any atom is -0.776 e. The molecule has 482 valence electrons. The Morgan fingerprint density at radius 3 is 0.904 bits per heavy atom. The van der Waals surface area contributed by atoms with Gasteiger partial charge in [0, 0.05) is 32.2 Å². The molecule has 52 heteroatoms. The Balaban J connectivity index is -0.00000102. The van der Waals surface area contributed by atoms with Crippen LogP contribution < -0.4 is 33.6 Å². The zero-order valence-corrected chi connectivity index (χ0v) is 48.6. The van der Waals surface area contributed by atoms with Crippen LogP contribution in [0, 0.1) is 14.9 Å². The van der Waals surface area contributed by atoms with Crippen LogP contribution in [-0.2, 0) is 81.9 Å². The summed E-state index contributed by atoms with van der Waals surface area (Å²) in [5.74, 6) is -4.75. The van der Waals surface area contributed by atoms with Crippen LogP contribution in [0.5, 0.6) is 0 Å². The number of nitrogens with zero attached hydrogens (tertiary/aromatic N) is 8. The highest BCUT2D eigenvalue weighted by molar-refractivity contribution is 7.72. The summed E-state index contributed by atoms with van der Waals surface area (Å²) in [6.45, 7) is -6.85. The van der Waals surface area contributed by atoms with Gasteiger partial charge in [0.25, 0.3) is 10.2 Å². The van der Waals surface area contributed by atoms with Gasteiger partial charge in [0.1, 0.15) is 51.0 Å². The summed E-state index contributed by atoms with van der Waals surface area (Å²) in [7, 11) is -45.9. The molecule has 2 aromatic heterocycles. The lowest BCUT2D eigenvalue weighted by molar-refractivity contribution is -0.685. The van der Waals surface area contributed by atoms with E-state index in [2.05, 4.69) is 0 Å². The second kappa shape index (κ2) is 30.0. The highest BCUT2D eigenvalue weighted by atomic mass is 31.3. The Bertz CT molecular complexity index is 2720. The van der Waals surface area contributed by atoms with E-state index in [0.717, 1.165) is 65.5 Å². The third-order valence-electron chi connectivity index (χ3n) is 9.79. The Hall–Kier alpha value is -4.11. The molecule has 0 saturated heterocycles. The maximum absolute atomic E-state index is 11.1. The summed E-state index contributed by atoms with van der Waals surface area (Å²) in [4.78, 5) is 199. The van der Waals surface area contributed by atoms with E-state index in [-0.39, 0.29) is 35.6 Å². The average Bonchev–Trinajstić information content (AvgIpc) is 4.04. The number of carbonyl (C=O) groups is 4. The molecule has 6 unspecified atom stereocenters. The van der Waals surface area contributed by atoms with E-state index in [4.69, 9.17) is 74.3 Å². The maximum atomic E-state index is 11.1. The molecule has 6 atom stereocenters. The van der Waals surface area contributed by atoms with Gasteiger partial charge in [-0.2, -0.15) is 0 Å². The van der Waals surface area contributed by atoms with E-state index in [1.807, 2.05) is 0 Å². The van der Waals surface area contributed by atoms with Crippen LogP contribution in [0.25, 0.3) is 0 Å². The molecule has 83 heavy (non-hydrogen) atoms. The van der Waals surface area contributed by atoms with Crippen LogP contribution in [0.15, 0.2) is 62.2 Å². The van der Waals surface area contributed by atoms with Crippen molar-refractivity contribution in [3.8, 4) is 0 Å². The van der Waals surface area contributed by atoms with Gasteiger partial charge in [0.05, 0.1) is 26.4 Å². The fraction of sp³-hybridized carbons (Fsp3) is 0.484. The number of carboxylic acid groups (broad SMARTS) is 4. The van der Waals surface area contributed by atoms with E-state index in [1.54, 1.807) is 0 Å². The number of β-amino-alcohol motifs (C(OH)–C–C–N with tert-alkyl or cyclic N) is 2. The Kier molecular flexibility index (Phi) is 30.0. The van der Waals surface area contributed by atoms with Crippen molar-refractivity contribution in [2.75, 3.05) is 39.5 Å². The Morgan fingerprint density at radius 1 is 0.422 bits per heavy atom. The lowest BCUT2D eigenvalue weighted by Gasteiger charge is -2.43. The van der Waals surface area contributed by atoms with Crippen LogP contribution in [0.2, 0.25) is 0 Å². The van der Waals surface area contributed by atoms with Crippen molar-refractivity contribution in [2.24, 2.45) is 0 Å². The summed E-state index contributed by atoms with van der Waals surface area (Å²) in [6.07, 6.45) is 11.2. The molecule has 4 rings (SSSR count). The van der Waals surface area contributed by atoms with Crippen LogP contribution in [0.4, 0.5) is 0 Å². The molecule has 0 fully saturated rings. The van der Waals surface area contributed by atoms with Crippen molar-refractivity contribution < 1.29 is 184 Å². The molecule has 2 aliphatic rings. The van der Waals surface area contributed by atoms with Gasteiger partial charge >= 0.3 is 46.7 Å². The molecule has 19 N–H and O–H groups in total. The predicted molar refractivity (Wildman–Crippen MR) is 259 cm³/mol. The normalized spacial score (nSPS) is 19.2. The molecular formula is C31H59N8O36P8-3. The highest BCUT2D eigenvalue weighted by Crippen LogP contribution is 2.68. The van der Waals surface area contributed by atoms with Crippen molar-refractivity contribution in [3.05, 3.63) is 77.1 Å². The van der Waals surface area contributed by atoms with Crippen molar-refractivity contribution >= 4 is 84.6 Å². The number of aromatic nitrogens is 4. The number of hydrogen-bond donors (Lipinski definition) is 19. The third-order valence-corrected chi connectivity index (χ3v) is 24.4. The molecule has 0 aromatic carbocycles. The van der Waals surface area contributed by atoms with Gasteiger partial charge in [-0.3, -0.25) is 23.3 Å². The fourth-order valence-electron chi connectivity index (χ4n) is 5.77. The standard InChI is InChI=1S/2C7H14N2O9P2.2C7H12N2O9P2.CH4.2CH3/c4*10-6(11)3-8-1-2-9(5-8)4-7(12,19(13,14)15)20(16,17)18;;;/h2*1-2,12H,3-5H2,(H,10,11)(H2,13,14,15)(H2,16,17,18);2*1-2,5,12H,3-4H2,(H4-,10,11,13,14,15,16,17,18);1H4;2*1H3/q;;;;;-1;+1/p-3. The van der Waals surface area contributed by atoms with Crippen molar-refractivity contribution in [3.63, 3.8) is 0 Å². The SMILES string of the molecule is C.O=C(O)CN1C=CN(CC(O)(P(=O)(O)O)P(=O)(O)O)C1.O=C(O)CN1C=CN(CC(O)(P(=O)([O-])O)P(=O)([O-])O)C1.O=C(O)C[n+]1ccn(CC(O)(P(=O)([O-])O)P(=O)(O)O)c1.O=C(O)C[n+]1ccn(CC(O)(P(=O)([O-])O)P(=O)([O-])O)c1.[CH3+].[CH3-]. The molecule has 0 amide bonds. The van der Waals surface area contributed by atoms with E-state index in [0.29, 0.717) is 0 Å². The Morgan fingerprint density at radius 2 is 0.663 bits per heavy atom. The first-order chi connectivity index (χ1) is 35.5. The van der Waals surface area contributed by atoms with Crippen molar-refractivity contribution in [2.45, 2.75) is 53.9 Å². The minimum absolute atomic E-state index is 0. The van der Waals surface area contributed by atoms with Gasteiger partial charge in [-0.25, -0.2) is 27.9 Å². The predicted octanol–water partition coefficient (Wildman–Crippen LogP) is -9.66. The van der Waals surface area contributed by atoms with E-state index >= 15 is 0 Å². The number of imidazole rings is 2. The van der Waals surface area contributed by atoms with Crippen LogP contribution in [0.1, 0.15) is 7.43 Å². The molecule has 0 saturated carbocycles. The van der Waals surface area contributed by atoms with Gasteiger partial charge in [-0.15, -0.1) is 0 Å². The largest absolute Gasteiger partial charge is 0.776 e. The molecule has 44 nitrogen and oxygen atoms in total. The molecule has 0 spiro atoms. The lowest BCUT2D eigenvalue weighted by Crippen LogP contribution is -2.46. The van der Waals surface area contributed by atoms with Crippen molar-refractivity contribution in [1.29, 1.82) is 0 Å². The third kappa shape index (κ3) is 22.9. The van der Waals surface area contributed by atoms with E-state index in [1.165, 1.54) is 34.6 Å². The molecule has 0 bridgehead atoms. The smallest absolute Gasteiger partial charge is 0.371 e. The van der Waals surface area contributed by atoms with Crippen LogP contribution >= 0.6 is 60.8 Å². The summed E-state index contributed by atoms with van der Waals surface area (Å²) < 4.78 is 92.0. The number of hydrogen-bond acceptors (Lipinski definition) is 25. The van der Waals surface area contributed by atoms with E-state index < -0.39 is 157 Å². The lowest BCUT2D eigenvalue weighted by atomic mass is 10.6. The second-order valence-corrected chi connectivity index (χ2v) is 32.1. The monoisotopic (exact) mass is 1370 g/mol. The van der Waals surface area contributed by atoms with Gasteiger partial charge in [0.2, 0.25) is 22.8 Å². The van der Waals surface area contributed by atoms with E-state index in [9.17, 15) is 101 Å². The number of rotatable bonds is 24. The summed E-state index contributed by atoms with van der Waals surface area (Å²) in [5, 5.41) is 57.7. The highest BCUT2D eigenvalue weighted by Gasteiger charge is 2.60. The summed E-state index contributed by atoms with van der Waals surface area (Å²) in [6, 6.07) is 0. The molecule has 2 aromatic rings. The number of aliphatic hydroxyl groups is 4. The van der Waals surface area contributed by atoms with Gasteiger partial charge < -0.3 is 169 Å². The molecule has 0 radical (unpaired) electrons. The zero-order valence-electron chi connectivity index (χ0n) is 41.4. The minimum atomic E-state index is -5.86. The first-order valence-electron chi connectivity index (χ1n) is 20.0. The zero-order chi connectivity index (χ0) is 63.1. The summed E-state index contributed by atoms with van der Waals surface area (Å²) in [5.41, 5.74) is 0. The topological polar surface area (TPSA) is 735 Å². The number of carboxylic acids is 4. The Labute approximate surface area is 466 Å². The first kappa shape index (κ1) is 83.1. The average molecular weight is 1370 g/mol. The maximum Gasteiger partial charge on any atom is 0.371 e. The van der Waals surface area contributed by atoms with Crippen LogP contribution in [0.3, 0.4) is 0 Å². The molecule has 0 aliphatic carbocycles. The molecule has 2 aliphatic heterocycles. The fourth-order valence-corrected chi connectivity index (χ4v) is 13.8. The van der Waals surface area contributed by atoms with Crippen LogP contribution in [-0.4, -0.2) is 207 Å². The first-order valence-corrected chi connectivity index (χ1v) is 32.7. The summed E-state index contributed by atoms with van der Waals surface area (Å²) >= 11 is 0. The molecular weight excluding hydrogens is 1310 g/mol. The van der Waals surface area contributed by atoms with Gasteiger partial charge in [-0.1, -0.05) is 7.43 Å². The molecule has 4 heterocycles. The number of aliphatic carboxylic acids is 4.